The Labute approximate surface area is 255 Å². The summed E-state index contributed by atoms with van der Waals surface area (Å²) < 4.78 is 19.7. The quantitative estimate of drug-likeness (QED) is 0.132. The van der Waals surface area contributed by atoms with Crippen molar-refractivity contribution in [2.24, 2.45) is 0 Å². The summed E-state index contributed by atoms with van der Waals surface area (Å²) in [6.45, 7) is 3.76. The summed E-state index contributed by atoms with van der Waals surface area (Å²) >= 11 is -0.0411. The van der Waals surface area contributed by atoms with E-state index < -0.39 is 19.6 Å². The summed E-state index contributed by atoms with van der Waals surface area (Å²) in [5.41, 5.74) is 5.82. The monoisotopic (exact) mass is 769 g/mol. The molecule has 5 heteroatoms. The van der Waals surface area contributed by atoms with E-state index in [1.807, 2.05) is 36.4 Å². The molecule has 6 rings (SSSR count). The molecular weight excluding hydrogens is 733 g/mol. The molecule has 0 fully saturated rings. The molecule has 0 N–H and O–H groups in total. The summed E-state index contributed by atoms with van der Waals surface area (Å²) in [5, 5.41) is 2.44. The van der Waals surface area contributed by atoms with Gasteiger partial charge in [0.2, 0.25) is 0 Å². The second-order valence-electron chi connectivity index (χ2n) is 10.3. The molecule has 3 aromatic heterocycles. The first-order valence-electron chi connectivity index (χ1n) is 13.8. The maximum atomic E-state index is 7.91. The molecule has 2 nitrogen and oxygen atoms in total. The largest absolute Gasteiger partial charge is 0.305 e. The molecule has 0 bridgehead atoms. The van der Waals surface area contributed by atoms with Crippen molar-refractivity contribution in [1.82, 2.24) is 9.97 Å². The van der Waals surface area contributed by atoms with Gasteiger partial charge in [0, 0.05) is 33.7 Å². The molecule has 0 saturated carbocycles. The van der Waals surface area contributed by atoms with Gasteiger partial charge >= 0.3 is 106 Å². The third kappa shape index (κ3) is 6.58. The van der Waals surface area contributed by atoms with Crippen molar-refractivity contribution in [1.29, 1.82) is 0 Å². The van der Waals surface area contributed by atoms with Crippen LogP contribution in [0.1, 0.15) is 20.8 Å². The fourth-order valence-corrected chi connectivity index (χ4v) is 9.43. The van der Waals surface area contributed by atoms with E-state index in [4.69, 9.17) is 2.74 Å². The van der Waals surface area contributed by atoms with Gasteiger partial charge in [0.1, 0.15) is 0 Å². The van der Waals surface area contributed by atoms with E-state index >= 15 is 0 Å². The third-order valence-electron chi connectivity index (χ3n) is 6.55. The zero-order valence-corrected chi connectivity index (χ0v) is 28.1. The summed E-state index contributed by atoms with van der Waals surface area (Å²) in [5.74, 6) is 7.20. The number of hydrogen-bond acceptors (Lipinski definition) is 3. The molecule has 0 atom stereocenters. The number of benzene rings is 3. The van der Waals surface area contributed by atoms with E-state index in [1.165, 1.54) is 25.4 Å². The van der Waals surface area contributed by atoms with Gasteiger partial charge in [0.25, 0.3) is 0 Å². The van der Waals surface area contributed by atoms with Crippen LogP contribution in [-0.2, 0) is 26.5 Å². The van der Waals surface area contributed by atoms with Crippen LogP contribution in [0.3, 0.4) is 0 Å². The van der Waals surface area contributed by atoms with Crippen molar-refractivity contribution in [2.75, 3.05) is 0 Å². The fraction of sp³-hybridized carbons (Fsp3) is 0.176. The number of aryl methyl sites for hydroxylation is 2. The van der Waals surface area contributed by atoms with Crippen LogP contribution in [0.25, 0.3) is 42.7 Å². The van der Waals surface area contributed by atoms with Crippen LogP contribution >= 0.6 is 11.3 Å². The molecular formula is C34H32GeIrN2S-2. The van der Waals surface area contributed by atoms with Gasteiger partial charge in [-0.05, 0) is 34.3 Å². The first-order chi connectivity index (χ1) is 19.0. The molecule has 1 radical (unpaired) electrons. The second-order valence-corrected chi connectivity index (χ2v) is 21.9. The molecule has 0 aliphatic carbocycles. The predicted molar refractivity (Wildman–Crippen MR) is 167 cm³/mol. The molecule has 0 aliphatic rings. The van der Waals surface area contributed by atoms with Crippen LogP contribution in [0.15, 0.2) is 91.3 Å². The molecule has 6 aromatic rings. The van der Waals surface area contributed by atoms with Crippen LogP contribution in [0.5, 0.6) is 0 Å². The van der Waals surface area contributed by atoms with Crippen molar-refractivity contribution < 1.29 is 22.8 Å². The number of hydrogen-bond donors (Lipinski definition) is 0. The smallest absolute Gasteiger partial charge is 0.0313 e. The molecule has 0 saturated heterocycles. The van der Waals surface area contributed by atoms with E-state index in [0.29, 0.717) is 5.56 Å². The van der Waals surface area contributed by atoms with Crippen LogP contribution in [0.4, 0.5) is 0 Å². The average molecular weight is 768 g/mol. The average Bonchev–Trinajstić information content (AvgIpc) is 3.32. The summed E-state index contributed by atoms with van der Waals surface area (Å²) in [7, 11) is 0. The van der Waals surface area contributed by atoms with E-state index in [2.05, 4.69) is 88.9 Å². The predicted octanol–water partition coefficient (Wildman–Crippen LogP) is 8.88. The van der Waals surface area contributed by atoms with E-state index in [1.54, 1.807) is 30.5 Å². The standard InChI is InChI=1S/C19H14NS.C15H18GeN.Ir/c1-2-13-10-11-20-17(12-13)16-8-5-7-15-14-6-3-4-9-18(14)21-19(15)16;1-12-10-15(13-8-6-5-7-9-13)17-11-14(12)16(2,3)4;/h3-7,9-12H,2H2,1H3;5-8,10-11H,1-4H3;/q2*-1;/i2D2;;. The molecule has 39 heavy (non-hydrogen) atoms. The SMILES string of the molecule is Cc1cc(-c2[c-]cccc2)nc[c]1[Ge]([CH3])([CH3])[CH3].[2H]C([2H])(C)c1ccnc(-c2[c-]ccc3c2sc2ccccc23)c1.[Ir]. The molecule has 0 aliphatic heterocycles. The Morgan fingerprint density at radius 3 is 2.38 bits per heavy atom. The Balaban J connectivity index is 0.000000193. The molecule has 3 heterocycles. The number of aromatic nitrogens is 2. The number of nitrogens with zero attached hydrogens (tertiary/aromatic N) is 2. The first-order valence-corrected chi connectivity index (χ1v) is 20.9. The van der Waals surface area contributed by atoms with E-state index in [-0.39, 0.29) is 20.1 Å². The van der Waals surface area contributed by atoms with E-state index in [9.17, 15) is 0 Å². The molecule has 3 aromatic carbocycles. The molecule has 199 valence electrons. The Bertz CT molecular complexity index is 1790. The summed E-state index contributed by atoms with van der Waals surface area (Å²) in [4.78, 5) is 9.04. The Morgan fingerprint density at radius 2 is 1.67 bits per heavy atom. The molecule has 0 unspecified atom stereocenters. The Kier molecular flexibility index (Phi) is 8.66. The second kappa shape index (κ2) is 12.7. The Hall–Kier alpha value is -2.63. The Morgan fingerprint density at radius 1 is 0.872 bits per heavy atom. The normalized spacial score (nSPS) is 12.2. The van der Waals surface area contributed by atoms with Gasteiger partial charge in [-0.15, -0.1) is 23.8 Å². The first kappa shape index (κ1) is 26.6. The van der Waals surface area contributed by atoms with Gasteiger partial charge in [0.15, 0.2) is 0 Å². The molecule has 0 spiro atoms. The minimum Gasteiger partial charge on any atom is -0.305 e. The van der Waals surface area contributed by atoms with E-state index in [0.717, 1.165) is 27.2 Å². The van der Waals surface area contributed by atoms with Crippen molar-refractivity contribution >= 4 is 49.2 Å². The van der Waals surface area contributed by atoms with Crippen LogP contribution in [-0.4, -0.2) is 23.2 Å². The fourth-order valence-electron chi connectivity index (χ4n) is 4.64. The van der Waals surface area contributed by atoms with Crippen LogP contribution in [0.2, 0.25) is 17.3 Å². The van der Waals surface area contributed by atoms with Crippen LogP contribution < -0.4 is 4.40 Å². The van der Waals surface area contributed by atoms with Crippen molar-refractivity contribution in [3.05, 3.63) is 115 Å². The van der Waals surface area contributed by atoms with Gasteiger partial charge in [-0.2, -0.15) is 11.3 Å². The van der Waals surface area contributed by atoms with Gasteiger partial charge in [0.05, 0.1) is 0 Å². The van der Waals surface area contributed by atoms with Gasteiger partial charge in [-0.3, -0.25) is 0 Å². The van der Waals surface area contributed by atoms with Crippen molar-refractivity contribution in [3.63, 3.8) is 0 Å². The maximum absolute atomic E-state index is 7.91. The number of fused-ring (bicyclic) bond motifs is 3. The summed E-state index contributed by atoms with van der Waals surface area (Å²) in [6, 6.07) is 32.6. The third-order valence-corrected chi connectivity index (χ3v) is 12.2. The number of rotatable bonds is 4. The van der Waals surface area contributed by atoms with Gasteiger partial charge < -0.3 is 4.98 Å². The van der Waals surface area contributed by atoms with Crippen molar-refractivity contribution in [3.8, 4) is 22.5 Å². The molecule has 0 amide bonds. The minimum absolute atomic E-state index is 0. The topological polar surface area (TPSA) is 25.8 Å². The maximum Gasteiger partial charge on any atom is 0.0313 e. The van der Waals surface area contributed by atoms with Gasteiger partial charge in [-0.25, -0.2) is 0 Å². The number of pyridine rings is 2. The summed E-state index contributed by atoms with van der Waals surface area (Å²) in [6.07, 6.45) is 2.36. The van der Waals surface area contributed by atoms with Crippen LogP contribution in [0, 0.1) is 19.1 Å². The minimum atomic E-state index is -1.77. The van der Waals surface area contributed by atoms with Gasteiger partial charge in [-0.1, -0.05) is 42.1 Å². The van der Waals surface area contributed by atoms with Crippen molar-refractivity contribution in [2.45, 2.75) is 37.5 Å². The number of thiophene rings is 1. The zero-order valence-electron chi connectivity index (χ0n) is 24.8. The zero-order chi connectivity index (χ0) is 28.5.